The van der Waals surface area contributed by atoms with Gasteiger partial charge in [-0.25, -0.2) is 4.79 Å². The predicted octanol–water partition coefficient (Wildman–Crippen LogP) is 1.57. The van der Waals surface area contributed by atoms with E-state index in [1.54, 1.807) is 32.3 Å². The third-order valence-electron chi connectivity index (χ3n) is 2.38. The Morgan fingerprint density at radius 3 is 2.42 bits per heavy atom. The summed E-state index contributed by atoms with van der Waals surface area (Å²) >= 11 is 12.0. The van der Waals surface area contributed by atoms with Crippen LogP contribution >= 0.6 is 23.2 Å². The summed E-state index contributed by atoms with van der Waals surface area (Å²) in [7, 11) is 3.12. The molecule has 0 fully saturated rings. The van der Waals surface area contributed by atoms with Gasteiger partial charge in [0.2, 0.25) is 5.82 Å². The van der Waals surface area contributed by atoms with E-state index in [0.29, 0.717) is 0 Å². The number of amides is 1. The zero-order valence-electron chi connectivity index (χ0n) is 10.1. The molecule has 0 radical (unpaired) electrons. The molecular weight excluding hydrogens is 291 g/mol. The van der Waals surface area contributed by atoms with Crippen LogP contribution in [0.5, 0.6) is 0 Å². The van der Waals surface area contributed by atoms with Crippen LogP contribution in [0, 0.1) is 0 Å². The quantitative estimate of drug-likeness (QED) is 0.915. The number of nitrogens with one attached hydrogen (secondary N) is 1. The Kier molecular flexibility index (Phi) is 3.64. The normalized spacial score (nSPS) is 10.5. The van der Waals surface area contributed by atoms with Gasteiger partial charge in [0, 0.05) is 14.1 Å². The fourth-order valence-corrected chi connectivity index (χ4v) is 2.03. The molecule has 0 aliphatic heterocycles. The largest absolute Gasteiger partial charge is 0.348 e. The number of hydrogen-bond acceptors (Lipinski definition) is 3. The van der Waals surface area contributed by atoms with Crippen molar-refractivity contribution in [3.05, 3.63) is 44.6 Å². The summed E-state index contributed by atoms with van der Waals surface area (Å²) in [4.78, 5) is 27.2. The fourth-order valence-electron chi connectivity index (χ4n) is 1.48. The lowest BCUT2D eigenvalue weighted by Gasteiger charge is -2.06. The first kappa shape index (κ1) is 13.6. The van der Waals surface area contributed by atoms with E-state index in [1.807, 2.05) is 0 Å². The van der Waals surface area contributed by atoms with Crippen molar-refractivity contribution < 1.29 is 4.79 Å². The number of aromatic amines is 1. The van der Waals surface area contributed by atoms with E-state index in [0.717, 1.165) is 4.68 Å². The first-order valence-electron chi connectivity index (χ1n) is 5.27. The van der Waals surface area contributed by atoms with Crippen molar-refractivity contribution in [3.8, 4) is 5.69 Å². The Morgan fingerprint density at radius 1 is 1.32 bits per heavy atom. The average molecular weight is 301 g/mol. The van der Waals surface area contributed by atoms with Gasteiger partial charge in [-0.3, -0.25) is 9.78 Å². The molecule has 0 aliphatic rings. The standard InChI is InChI=1S/C11H10Cl2N4O2/c1-16(2)10(18)9-14-11(19)17(15-9)8-6(12)4-3-5-7(8)13/h3-5H,1-2H3,(H,14,15,19). The van der Waals surface area contributed by atoms with Gasteiger partial charge >= 0.3 is 5.69 Å². The molecule has 0 atom stereocenters. The molecule has 1 heterocycles. The molecule has 0 aliphatic carbocycles. The molecule has 1 N–H and O–H groups in total. The van der Waals surface area contributed by atoms with Crippen LogP contribution < -0.4 is 5.69 Å². The van der Waals surface area contributed by atoms with Crippen LogP contribution in [0.3, 0.4) is 0 Å². The number of hydrogen-bond donors (Lipinski definition) is 1. The van der Waals surface area contributed by atoms with Gasteiger partial charge in [0.25, 0.3) is 5.91 Å². The molecule has 1 aromatic carbocycles. The summed E-state index contributed by atoms with van der Waals surface area (Å²) in [5.41, 5.74) is -0.343. The molecule has 2 rings (SSSR count). The van der Waals surface area contributed by atoms with E-state index in [4.69, 9.17) is 23.2 Å². The van der Waals surface area contributed by atoms with Gasteiger partial charge in [0.15, 0.2) is 0 Å². The first-order chi connectivity index (χ1) is 8.91. The summed E-state index contributed by atoms with van der Waals surface area (Å²) in [6.07, 6.45) is 0. The van der Waals surface area contributed by atoms with Crippen molar-refractivity contribution in [3.63, 3.8) is 0 Å². The highest BCUT2D eigenvalue weighted by atomic mass is 35.5. The zero-order chi connectivity index (χ0) is 14.2. The van der Waals surface area contributed by atoms with Gasteiger partial charge in [0.1, 0.15) is 5.69 Å². The summed E-state index contributed by atoms with van der Waals surface area (Å²) in [6.45, 7) is 0. The molecule has 0 unspecified atom stereocenters. The minimum atomic E-state index is -0.583. The maximum Gasteiger partial charge on any atom is 0.348 e. The summed E-state index contributed by atoms with van der Waals surface area (Å²) < 4.78 is 0.974. The number of carbonyl (C=O) groups excluding carboxylic acids is 1. The summed E-state index contributed by atoms with van der Waals surface area (Å²) in [5, 5.41) is 4.45. The van der Waals surface area contributed by atoms with Crippen LogP contribution in [0.1, 0.15) is 10.6 Å². The van der Waals surface area contributed by atoms with Crippen molar-refractivity contribution in [2.45, 2.75) is 0 Å². The maximum atomic E-state index is 11.8. The second kappa shape index (κ2) is 5.07. The predicted molar refractivity (Wildman–Crippen MR) is 72.2 cm³/mol. The van der Waals surface area contributed by atoms with E-state index in [-0.39, 0.29) is 21.6 Å². The highest BCUT2D eigenvalue weighted by molar-refractivity contribution is 6.37. The monoisotopic (exact) mass is 300 g/mol. The average Bonchev–Trinajstić information content (AvgIpc) is 2.70. The summed E-state index contributed by atoms with van der Waals surface area (Å²) in [6, 6.07) is 4.81. The topological polar surface area (TPSA) is 71.0 Å². The van der Waals surface area contributed by atoms with Gasteiger partial charge in [0.05, 0.1) is 10.0 Å². The Hall–Kier alpha value is -1.79. The number of nitrogens with zero attached hydrogens (tertiary/aromatic N) is 3. The highest BCUT2D eigenvalue weighted by Crippen LogP contribution is 2.26. The number of carbonyl (C=O) groups is 1. The molecule has 0 bridgehead atoms. The molecular formula is C11H10Cl2N4O2. The Labute approximate surface area is 118 Å². The molecule has 100 valence electrons. The van der Waals surface area contributed by atoms with Gasteiger partial charge in [-0.15, -0.1) is 5.10 Å². The van der Waals surface area contributed by atoms with Crippen molar-refractivity contribution in [1.82, 2.24) is 19.7 Å². The van der Waals surface area contributed by atoms with Crippen LogP contribution in [0.4, 0.5) is 0 Å². The lowest BCUT2D eigenvalue weighted by Crippen LogP contribution is -2.23. The molecule has 6 nitrogen and oxygen atoms in total. The van der Waals surface area contributed by atoms with Crippen LogP contribution in [-0.4, -0.2) is 39.7 Å². The van der Waals surface area contributed by atoms with Gasteiger partial charge in [-0.05, 0) is 12.1 Å². The molecule has 19 heavy (non-hydrogen) atoms. The second-order valence-electron chi connectivity index (χ2n) is 3.96. The fraction of sp³-hybridized carbons (Fsp3) is 0.182. The molecule has 0 saturated carbocycles. The highest BCUT2D eigenvalue weighted by Gasteiger charge is 2.18. The third-order valence-corrected chi connectivity index (χ3v) is 2.99. The maximum absolute atomic E-state index is 11.8. The SMILES string of the molecule is CN(C)C(=O)c1nn(-c2c(Cl)cccc2Cl)c(=O)[nH]1. The molecule has 0 spiro atoms. The number of H-pyrrole nitrogens is 1. The smallest absolute Gasteiger partial charge is 0.342 e. The van der Waals surface area contributed by atoms with Crippen molar-refractivity contribution in [2.24, 2.45) is 0 Å². The number of rotatable bonds is 2. The van der Waals surface area contributed by atoms with Crippen LogP contribution in [0.25, 0.3) is 5.69 Å². The van der Waals surface area contributed by atoms with Gasteiger partial charge in [-0.1, -0.05) is 29.3 Å². The molecule has 0 saturated heterocycles. The van der Waals surface area contributed by atoms with Crippen LogP contribution in [-0.2, 0) is 0 Å². The summed E-state index contributed by atoms with van der Waals surface area (Å²) in [5.74, 6) is -0.495. The Morgan fingerprint density at radius 2 is 1.89 bits per heavy atom. The minimum Gasteiger partial charge on any atom is -0.342 e. The van der Waals surface area contributed by atoms with E-state index in [1.165, 1.54) is 4.90 Å². The number of aromatic nitrogens is 3. The Balaban J connectivity index is 2.59. The first-order valence-corrected chi connectivity index (χ1v) is 6.03. The van der Waals surface area contributed by atoms with Crippen molar-refractivity contribution in [2.75, 3.05) is 14.1 Å². The minimum absolute atomic E-state index is 0.0778. The Bertz CT molecular complexity index is 670. The molecule has 2 aromatic rings. The van der Waals surface area contributed by atoms with Crippen molar-refractivity contribution in [1.29, 1.82) is 0 Å². The van der Waals surface area contributed by atoms with Crippen LogP contribution in [0.2, 0.25) is 10.0 Å². The molecule has 1 amide bonds. The third kappa shape index (κ3) is 2.50. The number of halogens is 2. The van der Waals surface area contributed by atoms with Crippen LogP contribution in [0.15, 0.2) is 23.0 Å². The second-order valence-corrected chi connectivity index (χ2v) is 4.77. The van der Waals surface area contributed by atoms with Gasteiger partial charge < -0.3 is 4.90 Å². The van der Waals surface area contributed by atoms with Gasteiger partial charge in [-0.2, -0.15) is 4.68 Å². The lowest BCUT2D eigenvalue weighted by atomic mass is 10.3. The van der Waals surface area contributed by atoms with Crippen molar-refractivity contribution >= 4 is 29.1 Å². The number of benzene rings is 1. The molecule has 8 heteroatoms. The van der Waals surface area contributed by atoms with E-state index in [9.17, 15) is 9.59 Å². The molecule has 1 aromatic heterocycles. The van der Waals surface area contributed by atoms with E-state index < -0.39 is 11.6 Å². The zero-order valence-corrected chi connectivity index (χ0v) is 11.7. The van der Waals surface area contributed by atoms with E-state index in [2.05, 4.69) is 10.1 Å². The lowest BCUT2D eigenvalue weighted by molar-refractivity contribution is 0.0816. The van der Waals surface area contributed by atoms with E-state index >= 15 is 0 Å². The number of para-hydroxylation sites is 1.